The highest BCUT2D eigenvalue weighted by Crippen LogP contribution is 2.25. The monoisotopic (exact) mass is 279 g/mol. The van der Waals surface area contributed by atoms with Crippen molar-refractivity contribution in [1.82, 2.24) is 15.1 Å². The van der Waals surface area contributed by atoms with Crippen molar-refractivity contribution in [2.45, 2.75) is 45.6 Å². The lowest BCUT2D eigenvalue weighted by atomic mass is 9.85. The molecule has 2 N–H and O–H groups in total. The zero-order valence-corrected chi connectivity index (χ0v) is 12.1. The van der Waals surface area contributed by atoms with Crippen LogP contribution in [0.5, 0.6) is 0 Å². The maximum Gasteiger partial charge on any atom is 0.306 e. The van der Waals surface area contributed by atoms with Gasteiger partial charge in [-0.1, -0.05) is 6.42 Å². The van der Waals surface area contributed by atoms with Gasteiger partial charge in [0, 0.05) is 18.8 Å². The second-order valence-electron chi connectivity index (χ2n) is 5.54. The number of aromatic nitrogens is 2. The number of nitrogens with zero attached hydrogens (tertiary/aromatic N) is 2. The summed E-state index contributed by atoms with van der Waals surface area (Å²) in [6.45, 7) is 3.67. The summed E-state index contributed by atoms with van der Waals surface area (Å²) in [5.74, 6) is -1.26. The third kappa shape index (κ3) is 2.84. The summed E-state index contributed by atoms with van der Waals surface area (Å²) in [4.78, 5) is 23.4. The molecule has 0 bridgehead atoms. The zero-order chi connectivity index (χ0) is 14.9. The van der Waals surface area contributed by atoms with Crippen LogP contribution < -0.4 is 5.32 Å². The first-order chi connectivity index (χ1) is 9.40. The number of carboxylic acid groups (broad SMARTS) is 1. The summed E-state index contributed by atoms with van der Waals surface area (Å²) in [5.41, 5.74) is 2.13. The number of aliphatic carboxylic acids is 1. The maximum atomic E-state index is 12.3. The Morgan fingerprint density at radius 3 is 2.60 bits per heavy atom. The van der Waals surface area contributed by atoms with Crippen molar-refractivity contribution in [3.8, 4) is 0 Å². The molecule has 1 heterocycles. The van der Waals surface area contributed by atoms with Crippen LogP contribution in [-0.2, 0) is 11.8 Å². The zero-order valence-electron chi connectivity index (χ0n) is 12.1. The molecule has 0 spiro atoms. The SMILES string of the molecule is Cc1nn(C)c(C)c1C(=O)NC1CCCC(C(=O)O)C1. The normalized spacial score (nSPS) is 22.6. The Morgan fingerprint density at radius 1 is 1.35 bits per heavy atom. The van der Waals surface area contributed by atoms with E-state index in [1.807, 2.05) is 13.8 Å². The lowest BCUT2D eigenvalue weighted by molar-refractivity contribution is -0.143. The largest absolute Gasteiger partial charge is 0.481 e. The molecule has 1 aliphatic carbocycles. The minimum absolute atomic E-state index is 0.0589. The van der Waals surface area contributed by atoms with E-state index in [2.05, 4.69) is 10.4 Å². The van der Waals surface area contributed by atoms with E-state index in [0.29, 0.717) is 24.1 Å². The van der Waals surface area contributed by atoms with Crippen LogP contribution in [0.2, 0.25) is 0 Å². The van der Waals surface area contributed by atoms with E-state index < -0.39 is 5.97 Å². The highest BCUT2D eigenvalue weighted by atomic mass is 16.4. The highest BCUT2D eigenvalue weighted by Gasteiger charge is 2.29. The van der Waals surface area contributed by atoms with Gasteiger partial charge in [-0.3, -0.25) is 14.3 Å². The van der Waals surface area contributed by atoms with E-state index in [9.17, 15) is 9.59 Å². The molecule has 0 saturated heterocycles. The van der Waals surface area contributed by atoms with E-state index in [1.165, 1.54) is 0 Å². The van der Waals surface area contributed by atoms with Crippen LogP contribution in [0.25, 0.3) is 0 Å². The van der Waals surface area contributed by atoms with E-state index in [4.69, 9.17) is 5.11 Å². The molecule has 20 heavy (non-hydrogen) atoms. The lowest BCUT2D eigenvalue weighted by Crippen LogP contribution is -2.40. The molecule has 1 fully saturated rings. The van der Waals surface area contributed by atoms with E-state index >= 15 is 0 Å². The molecule has 0 radical (unpaired) electrons. The first-order valence-electron chi connectivity index (χ1n) is 6.94. The first-order valence-corrected chi connectivity index (χ1v) is 6.94. The summed E-state index contributed by atoms with van der Waals surface area (Å²) >= 11 is 0. The fourth-order valence-corrected chi connectivity index (χ4v) is 2.90. The second-order valence-corrected chi connectivity index (χ2v) is 5.54. The van der Waals surface area contributed by atoms with Gasteiger partial charge in [-0.25, -0.2) is 0 Å². The van der Waals surface area contributed by atoms with Gasteiger partial charge in [0.1, 0.15) is 0 Å². The van der Waals surface area contributed by atoms with E-state index in [-0.39, 0.29) is 17.9 Å². The molecule has 0 aromatic carbocycles. The number of aryl methyl sites for hydroxylation is 2. The molecular weight excluding hydrogens is 258 g/mol. The van der Waals surface area contributed by atoms with E-state index in [0.717, 1.165) is 18.5 Å². The lowest BCUT2D eigenvalue weighted by Gasteiger charge is -2.27. The molecule has 1 aliphatic rings. The number of hydrogen-bond donors (Lipinski definition) is 2. The highest BCUT2D eigenvalue weighted by molar-refractivity contribution is 5.96. The average molecular weight is 279 g/mol. The molecule has 1 saturated carbocycles. The Labute approximate surface area is 118 Å². The summed E-state index contributed by atoms with van der Waals surface area (Å²) < 4.78 is 1.69. The Morgan fingerprint density at radius 2 is 2.05 bits per heavy atom. The van der Waals surface area contributed by atoms with Crippen molar-refractivity contribution in [2.24, 2.45) is 13.0 Å². The van der Waals surface area contributed by atoms with Crippen LogP contribution >= 0.6 is 0 Å². The Bertz CT molecular complexity index is 536. The summed E-state index contributed by atoms with van der Waals surface area (Å²) in [6, 6.07) is -0.0589. The van der Waals surface area contributed by atoms with Gasteiger partial charge in [-0.2, -0.15) is 5.10 Å². The number of carboxylic acids is 1. The van der Waals surface area contributed by atoms with Crippen LogP contribution in [0.3, 0.4) is 0 Å². The third-order valence-corrected chi connectivity index (χ3v) is 4.09. The molecule has 1 aromatic rings. The molecule has 1 aromatic heterocycles. The predicted octanol–water partition coefficient (Wildman–Crippen LogP) is 1.41. The van der Waals surface area contributed by atoms with Gasteiger partial charge in [0.05, 0.1) is 17.2 Å². The minimum atomic E-state index is -0.766. The molecule has 2 rings (SSSR count). The molecular formula is C14H21N3O3. The number of carbonyl (C=O) groups is 2. The van der Waals surface area contributed by atoms with Crippen molar-refractivity contribution in [3.05, 3.63) is 17.0 Å². The van der Waals surface area contributed by atoms with Crippen molar-refractivity contribution < 1.29 is 14.7 Å². The molecule has 1 amide bonds. The molecule has 6 heteroatoms. The topological polar surface area (TPSA) is 84.2 Å². The number of hydrogen-bond acceptors (Lipinski definition) is 3. The summed E-state index contributed by atoms with van der Waals surface area (Å²) in [7, 11) is 1.81. The van der Waals surface area contributed by atoms with Gasteiger partial charge in [0.25, 0.3) is 5.91 Å². The van der Waals surface area contributed by atoms with Gasteiger partial charge in [-0.15, -0.1) is 0 Å². The molecule has 0 aliphatic heterocycles. The number of amides is 1. The van der Waals surface area contributed by atoms with Crippen LogP contribution in [0.4, 0.5) is 0 Å². The number of nitrogens with one attached hydrogen (secondary N) is 1. The number of carbonyl (C=O) groups excluding carboxylic acids is 1. The molecule has 2 atom stereocenters. The van der Waals surface area contributed by atoms with Crippen molar-refractivity contribution in [1.29, 1.82) is 0 Å². The maximum absolute atomic E-state index is 12.3. The second kappa shape index (κ2) is 5.64. The molecule has 2 unspecified atom stereocenters. The fourth-order valence-electron chi connectivity index (χ4n) is 2.90. The minimum Gasteiger partial charge on any atom is -0.481 e. The van der Waals surface area contributed by atoms with Crippen LogP contribution in [0.15, 0.2) is 0 Å². The fraction of sp³-hybridized carbons (Fsp3) is 0.643. The van der Waals surface area contributed by atoms with E-state index in [1.54, 1.807) is 11.7 Å². The average Bonchev–Trinajstić information content (AvgIpc) is 2.63. The van der Waals surface area contributed by atoms with Gasteiger partial charge in [-0.05, 0) is 33.1 Å². The van der Waals surface area contributed by atoms with Gasteiger partial charge < -0.3 is 10.4 Å². The quantitative estimate of drug-likeness (QED) is 0.876. The number of rotatable bonds is 3. The van der Waals surface area contributed by atoms with Gasteiger partial charge in [0.2, 0.25) is 0 Å². The van der Waals surface area contributed by atoms with Crippen molar-refractivity contribution >= 4 is 11.9 Å². The van der Waals surface area contributed by atoms with Gasteiger partial charge in [0.15, 0.2) is 0 Å². The smallest absolute Gasteiger partial charge is 0.306 e. The van der Waals surface area contributed by atoms with Gasteiger partial charge >= 0.3 is 5.97 Å². The Kier molecular flexibility index (Phi) is 4.11. The molecule has 110 valence electrons. The standard InChI is InChI=1S/C14H21N3O3/c1-8-12(9(2)17(3)16-8)13(18)15-11-6-4-5-10(7-11)14(19)20/h10-11H,4-7H2,1-3H3,(H,15,18)(H,19,20). The van der Waals surface area contributed by atoms with Crippen molar-refractivity contribution in [2.75, 3.05) is 0 Å². The van der Waals surface area contributed by atoms with Crippen LogP contribution in [-0.4, -0.2) is 32.8 Å². The van der Waals surface area contributed by atoms with Crippen LogP contribution in [0.1, 0.15) is 47.4 Å². The predicted molar refractivity (Wildman–Crippen MR) is 73.5 cm³/mol. The summed E-state index contributed by atoms with van der Waals surface area (Å²) in [6.07, 6.45) is 2.90. The van der Waals surface area contributed by atoms with Crippen molar-refractivity contribution in [3.63, 3.8) is 0 Å². The van der Waals surface area contributed by atoms with Crippen LogP contribution in [0, 0.1) is 19.8 Å². The third-order valence-electron chi connectivity index (χ3n) is 4.09. The first kappa shape index (κ1) is 14.6. The Hall–Kier alpha value is -1.85. The summed E-state index contributed by atoms with van der Waals surface area (Å²) in [5, 5.41) is 16.3. The Balaban J connectivity index is 2.06. The molecule has 6 nitrogen and oxygen atoms in total.